The van der Waals surface area contributed by atoms with Gasteiger partial charge in [0.05, 0.1) is 23.5 Å². The Balaban J connectivity index is 1.87. The van der Waals surface area contributed by atoms with Gasteiger partial charge in [-0.1, -0.05) is 0 Å². The van der Waals surface area contributed by atoms with Crippen molar-refractivity contribution in [1.29, 1.82) is 0 Å². The number of aromatic carboxylic acids is 1. The highest BCUT2D eigenvalue weighted by Crippen LogP contribution is 2.37. The Morgan fingerprint density at radius 2 is 1.88 bits per heavy atom. The number of amides is 2. The van der Waals surface area contributed by atoms with Gasteiger partial charge in [-0.2, -0.15) is 0 Å². The monoisotopic (exact) mass is 361 g/mol. The number of carboxylic acid groups (broad SMARTS) is 1. The largest absolute Gasteiger partial charge is 0.478 e. The van der Waals surface area contributed by atoms with Gasteiger partial charge >= 0.3 is 12.1 Å². The van der Waals surface area contributed by atoms with E-state index in [2.05, 4.69) is 0 Å². The molecule has 1 saturated heterocycles. The van der Waals surface area contributed by atoms with Gasteiger partial charge in [0.2, 0.25) is 0 Å². The Hall–Kier alpha value is -2.77. The molecule has 8 nitrogen and oxygen atoms in total. The van der Waals surface area contributed by atoms with E-state index in [-0.39, 0.29) is 18.0 Å². The van der Waals surface area contributed by atoms with Crippen LogP contribution in [0.3, 0.4) is 0 Å². The molecule has 140 valence electrons. The minimum absolute atomic E-state index is 0.134. The SMILES string of the molecule is CN1C(=O)C2CN(C(=O)OC(C)(C)C)CCN2c2ccc(C(=O)O)cc21. The zero-order valence-corrected chi connectivity index (χ0v) is 15.4. The van der Waals surface area contributed by atoms with Crippen LogP contribution in [0.1, 0.15) is 31.1 Å². The van der Waals surface area contributed by atoms with Crippen LogP contribution in [-0.2, 0) is 9.53 Å². The first-order valence-corrected chi connectivity index (χ1v) is 8.48. The number of carbonyl (C=O) groups excluding carboxylic acids is 2. The number of ether oxygens (including phenoxy) is 1. The number of hydrogen-bond acceptors (Lipinski definition) is 5. The van der Waals surface area contributed by atoms with E-state index < -0.39 is 23.7 Å². The van der Waals surface area contributed by atoms with Crippen molar-refractivity contribution in [2.75, 3.05) is 36.5 Å². The molecular weight excluding hydrogens is 338 g/mol. The molecule has 0 aliphatic carbocycles. The molecule has 26 heavy (non-hydrogen) atoms. The first-order chi connectivity index (χ1) is 12.1. The highest BCUT2D eigenvalue weighted by atomic mass is 16.6. The molecule has 2 aliphatic rings. The molecule has 2 aliphatic heterocycles. The number of anilines is 2. The molecule has 1 unspecified atom stereocenters. The highest BCUT2D eigenvalue weighted by molar-refractivity contribution is 6.07. The second-order valence-corrected chi connectivity index (χ2v) is 7.54. The van der Waals surface area contributed by atoms with Crippen LogP contribution >= 0.6 is 0 Å². The molecule has 2 amide bonds. The maximum absolute atomic E-state index is 12.8. The molecule has 1 fully saturated rings. The van der Waals surface area contributed by atoms with Crippen molar-refractivity contribution < 1.29 is 24.2 Å². The quantitative estimate of drug-likeness (QED) is 0.820. The summed E-state index contributed by atoms with van der Waals surface area (Å²) in [6.45, 7) is 6.55. The summed E-state index contributed by atoms with van der Waals surface area (Å²) in [5, 5.41) is 9.18. The van der Waals surface area contributed by atoms with Crippen LogP contribution < -0.4 is 9.80 Å². The molecule has 0 spiro atoms. The maximum atomic E-state index is 12.8. The molecule has 1 aromatic rings. The van der Waals surface area contributed by atoms with Crippen molar-refractivity contribution in [2.45, 2.75) is 32.4 Å². The first-order valence-electron chi connectivity index (χ1n) is 8.48. The molecule has 1 atom stereocenters. The third kappa shape index (κ3) is 3.18. The zero-order valence-electron chi connectivity index (χ0n) is 15.4. The second-order valence-electron chi connectivity index (χ2n) is 7.54. The van der Waals surface area contributed by atoms with Crippen LogP contribution in [0.25, 0.3) is 0 Å². The van der Waals surface area contributed by atoms with Crippen LogP contribution in [0, 0.1) is 0 Å². The van der Waals surface area contributed by atoms with Crippen molar-refractivity contribution in [3.05, 3.63) is 23.8 Å². The number of likely N-dealkylation sites (N-methyl/N-ethyl adjacent to an activating group) is 1. The molecule has 0 saturated carbocycles. The van der Waals surface area contributed by atoms with Crippen LogP contribution in [0.4, 0.5) is 16.2 Å². The van der Waals surface area contributed by atoms with Crippen molar-refractivity contribution in [3.63, 3.8) is 0 Å². The van der Waals surface area contributed by atoms with E-state index in [0.29, 0.717) is 18.8 Å². The summed E-state index contributed by atoms with van der Waals surface area (Å²) in [5.41, 5.74) is 0.901. The summed E-state index contributed by atoms with van der Waals surface area (Å²) >= 11 is 0. The fourth-order valence-corrected chi connectivity index (χ4v) is 3.29. The lowest BCUT2D eigenvalue weighted by atomic mass is 10.0. The van der Waals surface area contributed by atoms with Crippen LogP contribution in [0.5, 0.6) is 0 Å². The molecule has 0 aromatic heterocycles. The van der Waals surface area contributed by atoms with Crippen molar-refractivity contribution >= 4 is 29.3 Å². The number of carbonyl (C=O) groups is 3. The van der Waals surface area contributed by atoms with E-state index in [0.717, 1.165) is 5.69 Å². The number of piperazine rings is 1. The van der Waals surface area contributed by atoms with Crippen LogP contribution in [-0.4, -0.2) is 66.3 Å². The summed E-state index contributed by atoms with van der Waals surface area (Å²) in [5.74, 6) is -1.21. The van der Waals surface area contributed by atoms with E-state index in [1.807, 2.05) is 4.90 Å². The van der Waals surface area contributed by atoms with Crippen molar-refractivity contribution in [1.82, 2.24) is 4.90 Å². The van der Waals surface area contributed by atoms with Gasteiger partial charge in [0.15, 0.2) is 0 Å². The van der Waals surface area contributed by atoms with Crippen LogP contribution in [0.15, 0.2) is 18.2 Å². The third-order valence-electron chi connectivity index (χ3n) is 4.54. The molecule has 8 heteroatoms. The van der Waals surface area contributed by atoms with Gasteiger partial charge in [-0.05, 0) is 39.0 Å². The standard InChI is InChI=1S/C18H23N3O5/c1-18(2,3)26-17(25)20-7-8-21-12-6-5-11(16(23)24)9-13(12)19(4)15(22)14(21)10-20/h5-6,9,14H,7-8,10H2,1-4H3,(H,23,24). The molecule has 0 radical (unpaired) electrons. The molecule has 2 heterocycles. The van der Waals surface area contributed by atoms with E-state index >= 15 is 0 Å². The van der Waals surface area contributed by atoms with Gasteiger partial charge in [0.25, 0.3) is 5.91 Å². The van der Waals surface area contributed by atoms with Gasteiger partial charge in [0.1, 0.15) is 11.6 Å². The Morgan fingerprint density at radius 3 is 2.50 bits per heavy atom. The summed E-state index contributed by atoms with van der Waals surface area (Å²) in [7, 11) is 1.62. The number of rotatable bonds is 1. The van der Waals surface area contributed by atoms with E-state index in [1.165, 1.54) is 17.0 Å². The number of benzene rings is 1. The lowest BCUT2D eigenvalue weighted by molar-refractivity contribution is -0.120. The fraction of sp³-hybridized carbons (Fsp3) is 0.500. The van der Waals surface area contributed by atoms with Crippen molar-refractivity contribution in [2.24, 2.45) is 0 Å². The minimum atomic E-state index is -1.04. The minimum Gasteiger partial charge on any atom is -0.478 e. The first kappa shape index (κ1) is 18.0. The molecule has 3 rings (SSSR count). The summed E-state index contributed by atoms with van der Waals surface area (Å²) < 4.78 is 5.41. The topological polar surface area (TPSA) is 90.4 Å². The Morgan fingerprint density at radius 1 is 1.19 bits per heavy atom. The average Bonchev–Trinajstić information content (AvgIpc) is 2.57. The molecular formula is C18H23N3O5. The van der Waals surface area contributed by atoms with E-state index in [4.69, 9.17) is 4.74 Å². The number of hydrogen-bond donors (Lipinski definition) is 1. The maximum Gasteiger partial charge on any atom is 0.410 e. The predicted molar refractivity (Wildman–Crippen MR) is 95.8 cm³/mol. The second kappa shape index (κ2) is 6.19. The summed E-state index contributed by atoms with van der Waals surface area (Å²) in [6.07, 6.45) is -0.431. The van der Waals surface area contributed by atoms with Crippen LogP contribution in [0.2, 0.25) is 0 Å². The molecule has 1 aromatic carbocycles. The normalized spacial score (nSPS) is 19.8. The number of carboxylic acids is 1. The summed E-state index contributed by atoms with van der Waals surface area (Å²) in [6, 6.07) is 4.25. The van der Waals surface area contributed by atoms with Gasteiger partial charge in [-0.3, -0.25) is 4.79 Å². The van der Waals surface area contributed by atoms with Gasteiger partial charge in [-0.15, -0.1) is 0 Å². The molecule has 1 N–H and O–H groups in total. The third-order valence-corrected chi connectivity index (χ3v) is 4.54. The smallest absolute Gasteiger partial charge is 0.410 e. The van der Waals surface area contributed by atoms with Crippen molar-refractivity contribution in [3.8, 4) is 0 Å². The van der Waals surface area contributed by atoms with Gasteiger partial charge in [-0.25, -0.2) is 9.59 Å². The number of nitrogens with zero attached hydrogens (tertiary/aromatic N) is 3. The van der Waals surface area contributed by atoms with E-state index in [1.54, 1.807) is 38.8 Å². The average molecular weight is 361 g/mol. The number of fused-ring (bicyclic) bond motifs is 3. The fourth-order valence-electron chi connectivity index (χ4n) is 3.29. The lowest BCUT2D eigenvalue weighted by Crippen LogP contribution is -2.63. The predicted octanol–water partition coefficient (Wildman–Crippen LogP) is 1.79. The van der Waals surface area contributed by atoms with Gasteiger partial charge < -0.3 is 24.5 Å². The lowest BCUT2D eigenvalue weighted by Gasteiger charge is -2.47. The Labute approximate surface area is 151 Å². The highest BCUT2D eigenvalue weighted by Gasteiger charge is 2.42. The Bertz CT molecular complexity index is 771. The summed E-state index contributed by atoms with van der Waals surface area (Å²) in [4.78, 5) is 41.3. The Kier molecular flexibility index (Phi) is 4.29. The van der Waals surface area contributed by atoms with E-state index in [9.17, 15) is 19.5 Å². The van der Waals surface area contributed by atoms with Gasteiger partial charge in [0, 0.05) is 20.1 Å². The molecule has 0 bridgehead atoms. The zero-order chi connectivity index (χ0) is 19.2.